The fraction of sp³-hybridized carbons (Fsp3) is 0.500. The number of benzene rings is 1. The van der Waals surface area contributed by atoms with Crippen molar-refractivity contribution in [3.8, 4) is 0 Å². The van der Waals surface area contributed by atoms with E-state index >= 15 is 0 Å². The summed E-state index contributed by atoms with van der Waals surface area (Å²) in [5.41, 5.74) is 1.63. The third-order valence-corrected chi connectivity index (χ3v) is 3.23. The molecule has 1 aromatic carbocycles. The van der Waals surface area contributed by atoms with Crippen LogP contribution in [0.5, 0.6) is 0 Å². The standard InChI is InChI=1S/C12H17BrN2O3/c1-8(7-18-3)6-14-11-4-9(2)12(15(16)17)5-10(11)13/h4-5,8,14H,6-7H2,1-3H3. The minimum Gasteiger partial charge on any atom is -0.384 e. The van der Waals surface area contributed by atoms with Crippen LogP contribution in [-0.4, -0.2) is 25.2 Å². The van der Waals surface area contributed by atoms with E-state index in [2.05, 4.69) is 28.2 Å². The number of anilines is 1. The van der Waals surface area contributed by atoms with Gasteiger partial charge < -0.3 is 10.1 Å². The molecule has 6 heteroatoms. The van der Waals surface area contributed by atoms with Gasteiger partial charge in [0.05, 0.1) is 11.5 Å². The largest absolute Gasteiger partial charge is 0.384 e. The van der Waals surface area contributed by atoms with Crippen molar-refractivity contribution in [1.29, 1.82) is 0 Å². The molecule has 18 heavy (non-hydrogen) atoms. The number of nitro benzene ring substituents is 1. The van der Waals surface area contributed by atoms with E-state index in [1.165, 1.54) is 6.07 Å². The summed E-state index contributed by atoms with van der Waals surface area (Å²) >= 11 is 3.34. The normalized spacial score (nSPS) is 12.2. The van der Waals surface area contributed by atoms with Crippen molar-refractivity contribution in [3.05, 3.63) is 32.3 Å². The number of hydrogen-bond acceptors (Lipinski definition) is 4. The van der Waals surface area contributed by atoms with Gasteiger partial charge >= 0.3 is 0 Å². The first-order valence-electron chi connectivity index (χ1n) is 5.63. The highest BCUT2D eigenvalue weighted by Gasteiger charge is 2.14. The summed E-state index contributed by atoms with van der Waals surface area (Å²) in [6.07, 6.45) is 0. The minimum atomic E-state index is -0.378. The topological polar surface area (TPSA) is 64.4 Å². The highest BCUT2D eigenvalue weighted by molar-refractivity contribution is 9.10. The van der Waals surface area contributed by atoms with Crippen molar-refractivity contribution in [1.82, 2.24) is 0 Å². The third-order valence-electron chi connectivity index (χ3n) is 2.57. The number of rotatable bonds is 6. The smallest absolute Gasteiger partial charge is 0.273 e. The molecule has 0 fully saturated rings. The summed E-state index contributed by atoms with van der Waals surface area (Å²) in [4.78, 5) is 10.4. The van der Waals surface area contributed by atoms with Crippen molar-refractivity contribution >= 4 is 27.3 Å². The Bertz CT molecular complexity index is 438. The molecular formula is C12H17BrN2O3. The van der Waals surface area contributed by atoms with Crippen LogP contribution in [0.25, 0.3) is 0 Å². The molecule has 1 rings (SSSR count). The van der Waals surface area contributed by atoms with Gasteiger partial charge in [-0.3, -0.25) is 10.1 Å². The van der Waals surface area contributed by atoms with Gasteiger partial charge in [-0.15, -0.1) is 0 Å². The molecule has 1 unspecified atom stereocenters. The number of halogens is 1. The molecule has 1 aromatic rings. The SMILES string of the molecule is COCC(C)CNc1cc(C)c([N+](=O)[O-])cc1Br. The molecule has 0 aliphatic carbocycles. The Balaban J connectivity index is 2.79. The second-order valence-electron chi connectivity index (χ2n) is 4.32. The molecule has 0 aromatic heterocycles. The van der Waals surface area contributed by atoms with Crippen LogP contribution in [0.4, 0.5) is 11.4 Å². The molecule has 0 spiro atoms. The molecule has 0 saturated heterocycles. The van der Waals surface area contributed by atoms with E-state index in [0.717, 1.165) is 12.2 Å². The summed E-state index contributed by atoms with van der Waals surface area (Å²) in [5, 5.41) is 14.0. The van der Waals surface area contributed by atoms with Gasteiger partial charge in [-0.2, -0.15) is 0 Å². The van der Waals surface area contributed by atoms with Crippen LogP contribution in [0.2, 0.25) is 0 Å². The lowest BCUT2D eigenvalue weighted by Gasteiger charge is -2.14. The number of nitrogens with one attached hydrogen (secondary N) is 1. The van der Waals surface area contributed by atoms with Crippen LogP contribution < -0.4 is 5.32 Å². The zero-order chi connectivity index (χ0) is 13.7. The number of methoxy groups -OCH3 is 1. The second kappa shape index (κ2) is 6.70. The number of aryl methyl sites for hydroxylation is 1. The van der Waals surface area contributed by atoms with E-state index in [-0.39, 0.29) is 10.6 Å². The molecule has 0 aliphatic rings. The maximum absolute atomic E-state index is 10.8. The van der Waals surface area contributed by atoms with Crippen molar-refractivity contribution < 1.29 is 9.66 Å². The van der Waals surface area contributed by atoms with E-state index in [4.69, 9.17) is 4.74 Å². The van der Waals surface area contributed by atoms with Crippen LogP contribution in [-0.2, 0) is 4.74 Å². The molecule has 1 N–H and O–H groups in total. The van der Waals surface area contributed by atoms with E-state index < -0.39 is 0 Å². The predicted molar refractivity (Wildman–Crippen MR) is 75.1 cm³/mol. The summed E-state index contributed by atoms with van der Waals surface area (Å²) in [7, 11) is 1.67. The van der Waals surface area contributed by atoms with Crippen LogP contribution in [0.1, 0.15) is 12.5 Å². The summed E-state index contributed by atoms with van der Waals surface area (Å²) in [6, 6.07) is 3.31. The first-order valence-corrected chi connectivity index (χ1v) is 6.42. The molecule has 0 heterocycles. The fourth-order valence-electron chi connectivity index (χ4n) is 1.63. The first-order chi connectivity index (χ1) is 8.45. The number of nitrogens with zero attached hydrogens (tertiary/aromatic N) is 1. The van der Waals surface area contributed by atoms with Gasteiger partial charge in [-0.25, -0.2) is 0 Å². The first kappa shape index (κ1) is 14.9. The lowest BCUT2D eigenvalue weighted by atomic mass is 10.1. The minimum absolute atomic E-state index is 0.123. The molecule has 0 aliphatic heterocycles. The monoisotopic (exact) mass is 316 g/mol. The van der Waals surface area contributed by atoms with Gasteiger partial charge in [0, 0.05) is 35.4 Å². The van der Waals surface area contributed by atoms with E-state index in [1.54, 1.807) is 20.1 Å². The Hall–Kier alpha value is -1.14. The lowest BCUT2D eigenvalue weighted by Crippen LogP contribution is -2.16. The van der Waals surface area contributed by atoms with Crippen molar-refractivity contribution in [3.63, 3.8) is 0 Å². The van der Waals surface area contributed by atoms with Crippen molar-refractivity contribution in [2.24, 2.45) is 5.92 Å². The molecule has 5 nitrogen and oxygen atoms in total. The van der Waals surface area contributed by atoms with E-state index in [1.807, 2.05) is 0 Å². The molecule has 0 saturated carbocycles. The van der Waals surface area contributed by atoms with Crippen LogP contribution in [0.3, 0.4) is 0 Å². The van der Waals surface area contributed by atoms with Crippen molar-refractivity contribution in [2.45, 2.75) is 13.8 Å². The van der Waals surface area contributed by atoms with Crippen LogP contribution >= 0.6 is 15.9 Å². The van der Waals surface area contributed by atoms with Gasteiger partial charge in [-0.1, -0.05) is 6.92 Å². The lowest BCUT2D eigenvalue weighted by molar-refractivity contribution is -0.385. The fourth-order valence-corrected chi connectivity index (χ4v) is 2.10. The van der Waals surface area contributed by atoms with Crippen LogP contribution in [0, 0.1) is 23.0 Å². The van der Waals surface area contributed by atoms with Crippen molar-refractivity contribution in [2.75, 3.05) is 25.6 Å². The van der Waals surface area contributed by atoms with Gasteiger partial charge in [0.1, 0.15) is 0 Å². The van der Waals surface area contributed by atoms with Crippen LogP contribution in [0.15, 0.2) is 16.6 Å². The Morgan fingerprint density at radius 2 is 2.22 bits per heavy atom. The van der Waals surface area contributed by atoms with Gasteiger partial charge in [-0.05, 0) is 34.8 Å². The number of ether oxygens (including phenoxy) is 1. The predicted octanol–water partition coefficient (Wildman–Crippen LogP) is 3.36. The molecular weight excluding hydrogens is 300 g/mol. The Kier molecular flexibility index (Phi) is 5.55. The Labute approximate surface area is 115 Å². The molecule has 0 amide bonds. The Morgan fingerprint density at radius 1 is 1.56 bits per heavy atom. The third kappa shape index (κ3) is 3.96. The summed E-state index contributed by atoms with van der Waals surface area (Å²) < 4.78 is 5.75. The summed E-state index contributed by atoms with van der Waals surface area (Å²) in [5.74, 6) is 0.373. The van der Waals surface area contributed by atoms with E-state index in [9.17, 15) is 10.1 Å². The molecule has 100 valence electrons. The molecule has 0 bridgehead atoms. The summed E-state index contributed by atoms with van der Waals surface area (Å²) in [6.45, 7) is 5.23. The number of hydrogen-bond donors (Lipinski definition) is 1. The Morgan fingerprint density at radius 3 is 2.78 bits per heavy atom. The average Bonchev–Trinajstić information content (AvgIpc) is 2.29. The maximum atomic E-state index is 10.8. The molecule has 1 atom stereocenters. The van der Waals surface area contributed by atoms with Gasteiger partial charge in [0.2, 0.25) is 0 Å². The zero-order valence-corrected chi connectivity index (χ0v) is 12.3. The molecule has 0 radical (unpaired) electrons. The quantitative estimate of drug-likeness (QED) is 0.645. The van der Waals surface area contributed by atoms with E-state index in [0.29, 0.717) is 22.6 Å². The van der Waals surface area contributed by atoms with Gasteiger partial charge in [0.25, 0.3) is 5.69 Å². The number of nitro groups is 1. The second-order valence-corrected chi connectivity index (χ2v) is 5.17. The van der Waals surface area contributed by atoms with Gasteiger partial charge in [0.15, 0.2) is 0 Å². The highest BCUT2D eigenvalue weighted by atomic mass is 79.9. The highest BCUT2D eigenvalue weighted by Crippen LogP contribution is 2.30. The maximum Gasteiger partial charge on any atom is 0.273 e. The average molecular weight is 317 g/mol. The zero-order valence-electron chi connectivity index (χ0n) is 10.7.